The zero-order valence-corrected chi connectivity index (χ0v) is 11.2. The first-order valence-electron chi connectivity index (χ1n) is 6.25. The van der Waals surface area contributed by atoms with Crippen molar-refractivity contribution in [1.29, 1.82) is 0 Å². The number of nitrogens with zero attached hydrogens (tertiary/aromatic N) is 1. The zero-order chi connectivity index (χ0) is 13.7. The molecule has 4 nitrogen and oxygen atoms in total. The van der Waals surface area contributed by atoms with E-state index in [9.17, 15) is 4.79 Å². The van der Waals surface area contributed by atoms with Crippen LogP contribution in [0.3, 0.4) is 0 Å². The van der Waals surface area contributed by atoms with Crippen LogP contribution in [0.25, 0.3) is 0 Å². The molecule has 0 saturated heterocycles. The summed E-state index contributed by atoms with van der Waals surface area (Å²) in [6, 6.07) is 13.0. The van der Waals surface area contributed by atoms with Crippen LogP contribution in [0.5, 0.6) is 0 Å². The van der Waals surface area contributed by atoms with Crippen LogP contribution >= 0.6 is 0 Å². The topological polar surface area (TPSA) is 45.5 Å². The first-order chi connectivity index (χ1) is 9.16. The second-order valence-corrected chi connectivity index (χ2v) is 4.53. The molecule has 100 valence electrons. The zero-order valence-electron chi connectivity index (χ0n) is 11.2. The Hall–Kier alpha value is -2.07. The molecule has 0 unspecified atom stereocenters. The minimum atomic E-state index is -0.231. The fraction of sp³-hybridized carbons (Fsp3) is 0.267. The molecule has 0 spiro atoms. The van der Waals surface area contributed by atoms with Gasteiger partial charge in [-0.1, -0.05) is 18.2 Å². The summed E-state index contributed by atoms with van der Waals surface area (Å²) in [5.74, 6) is 0.821. The molecule has 2 rings (SSSR count). The molecule has 0 radical (unpaired) electrons. The molecule has 0 aliphatic carbocycles. The maximum Gasteiger partial charge on any atom is 0.241 e. The van der Waals surface area contributed by atoms with Crippen molar-refractivity contribution in [1.82, 2.24) is 4.90 Å². The van der Waals surface area contributed by atoms with Gasteiger partial charge in [0.2, 0.25) is 5.91 Å². The number of para-hydroxylation sites is 1. The predicted molar refractivity (Wildman–Crippen MR) is 74.7 cm³/mol. The maximum atomic E-state index is 12.1. The Morgan fingerprint density at radius 2 is 2.00 bits per heavy atom. The molecule has 0 fully saturated rings. The lowest BCUT2D eigenvalue weighted by atomic mass is 10.2. The lowest BCUT2D eigenvalue weighted by Gasteiger charge is -2.22. The monoisotopic (exact) mass is 258 g/mol. The molecule has 1 heterocycles. The predicted octanol–water partition coefficient (Wildman–Crippen LogP) is 2.74. The summed E-state index contributed by atoms with van der Waals surface area (Å²) in [5, 5.41) is 2.89. The highest BCUT2D eigenvalue weighted by atomic mass is 16.3. The number of hydrogen-bond donors (Lipinski definition) is 1. The molecule has 4 heteroatoms. The van der Waals surface area contributed by atoms with Crippen molar-refractivity contribution >= 4 is 11.6 Å². The SMILES string of the molecule is C[C@@H](C(=O)Nc1ccccc1)N(C)Cc1ccco1. The van der Waals surface area contributed by atoms with E-state index >= 15 is 0 Å². The molecular formula is C15H18N2O2. The van der Waals surface area contributed by atoms with Crippen LogP contribution in [-0.2, 0) is 11.3 Å². The molecule has 1 atom stereocenters. The van der Waals surface area contributed by atoms with Crippen LogP contribution < -0.4 is 5.32 Å². The number of nitrogens with one attached hydrogen (secondary N) is 1. The molecule has 2 aromatic rings. The number of benzene rings is 1. The van der Waals surface area contributed by atoms with Gasteiger partial charge < -0.3 is 9.73 Å². The average Bonchev–Trinajstić information content (AvgIpc) is 2.91. The van der Waals surface area contributed by atoms with Gasteiger partial charge in [-0.15, -0.1) is 0 Å². The van der Waals surface area contributed by atoms with Crippen molar-refractivity contribution in [2.24, 2.45) is 0 Å². The Morgan fingerprint density at radius 1 is 1.26 bits per heavy atom. The van der Waals surface area contributed by atoms with Gasteiger partial charge in [0.05, 0.1) is 18.8 Å². The highest BCUT2D eigenvalue weighted by Gasteiger charge is 2.18. The second-order valence-electron chi connectivity index (χ2n) is 4.53. The molecule has 19 heavy (non-hydrogen) atoms. The minimum Gasteiger partial charge on any atom is -0.468 e. The summed E-state index contributed by atoms with van der Waals surface area (Å²) in [5.41, 5.74) is 0.811. The molecule has 1 amide bonds. The molecule has 0 aliphatic heterocycles. The van der Waals surface area contributed by atoms with E-state index in [1.807, 2.05) is 61.3 Å². The van der Waals surface area contributed by atoms with E-state index in [0.29, 0.717) is 6.54 Å². The Balaban J connectivity index is 1.91. The number of carbonyl (C=O) groups is 1. The smallest absolute Gasteiger partial charge is 0.241 e. The Morgan fingerprint density at radius 3 is 2.63 bits per heavy atom. The molecule has 1 aromatic heterocycles. The van der Waals surface area contributed by atoms with E-state index < -0.39 is 0 Å². The number of anilines is 1. The molecule has 0 bridgehead atoms. The van der Waals surface area contributed by atoms with Gasteiger partial charge in [0.25, 0.3) is 0 Å². The standard InChI is InChI=1S/C15H18N2O2/c1-12(17(2)11-14-9-6-10-19-14)15(18)16-13-7-4-3-5-8-13/h3-10,12H,11H2,1-2H3,(H,16,18)/t12-/m0/s1. The third kappa shape index (κ3) is 3.69. The van der Waals surface area contributed by atoms with E-state index in [1.54, 1.807) is 6.26 Å². The lowest BCUT2D eigenvalue weighted by Crippen LogP contribution is -2.39. The quantitative estimate of drug-likeness (QED) is 0.897. The van der Waals surface area contributed by atoms with Gasteiger partial charge in [0.15, 0.2) is 0 Å². The van der Waals surface area contributed by atoms with Crippen molar-refractivity contribution in [3.05, 3.63) is 54.5 Å². The van der Waals surface area contributed by atoms with Gasteiger partial charge in [-0.2, -0.15) is 0 Å². The summed E-state index contributed by atoms with van der Waals surface area (Å²) in [6.07, 6.45) is 1.64. The van der Waals surface area contributed by atoms with Crippen molar-refractivity contribution in [2.75, 3.05) is 12.4 Å². The molecular weight excluding hydrogens is 240 g/mol. The first kappa shape index (κ1) is 13.4. The van der Waals surface area contributed by atoms with Crippen molar-refractivity contribution < 1.29 is 9.21 Å². The number of rotatable bonds is 5. The van der Waals surface area contributed by atoms with E-state index in [4.69, 9.17) is 4.42 Å². The molecule has 0 aliphatic rings. The van der Waals surface area contributed by atoms with Crippen LogP contribution in [0.1, 0.15) is 12.7 Å². The molecule has 1 N–H and O–H groups in total. The van der Waals surface area contributed by atoms with Gasteiger partial charge in [-0.05, 0) is 38.2 Å². The third-order valence-electron chi connectivity index (χ3n) is 3.07. The van der Waals surface area contributed by atoms with Gasteiger partial charge in [0, 0.05) is 5.69 Å². The number of likely N-dealkylation sites (N-methyl/N-ethyl adjacent to an activating group) is 1. The van der Waals surface area contributed by atoms with Gasteiger partial charge in [0.1, 0.15) is 5.76 Å². The second kappa shape index (κ2) is 6.20. The van der Waals surface area contributed by atoms with Crippen LogP contribution in [0.4, 0.5) is 5.69 Å². The summed E-state index contributed by atoms with van der Waals surface area (Å²) in [6.45, 7) is 2.48. The minimum absolute atomic E-state index is 0.0275. The summed E-state index contributed by atoms with van der Waals surface area (Å²) >= 11 is 0. The molecule has 0 saturated carbocycles. The highest BCUT2D eigenvalue weighted by molar-refractivity contribution is 5.94. The molecule has 1 aromatic carbocycles. The van der Waals surface area contributed by atoms with E-state index in [2.05, 4.69) is 5.32 Å². The fourth-order valence-electron chi connectivity index (χ4n) is 1.75. The van der Waals surface area contributed by atoms with Crippen LogP contribution in [0.15, 0.2) is 53.1 Å². The Kier molecular flexibility index (Phi) is 4.36. The van der Waals surface area contributed by atoms with Gasteiger partial charge in [-0.3, -0.25) is 9.69 Å². The number of furan rings is 1. The summed E-state index contributed by atoms with van der Waals surface area (Å²) < 4.78 is 5.28. The van der Waals surface area contributed by atoms with Gasteiger partial charge in [-0.25, -0.2) is 0 Å². The fourth-order valence-corrected chi connectivity index (χ4v) is 1.75. The van der Waals surface area contributed by atoms with Crippen molar-refractivity contribution in [2.45, 2.75) is 19.5 Å². The van der Waals surface area contributed by atoms with Gasteiger partial charge >= 0.3 is 0 Å². The van der Waals surface area contributed by atoms with Crippen molar-refractivity contribution in [3.63, 3.8) is 0 Å². The summed E-state index contributed by atoms with van der Waals surface area (Å²) in [7, 11) is 1.90. The number of carbonyl (C=O) groups excluding carboxylic acids is 1. The summed E-state index contributed by atoms with van der Waals surface area (Å²) in [4.78, 5) is 14.0. The lowest BCUT2D eigenvalue weighted by molar-refractivity contribution is -0.120. The average molecular weight is 258 g/mol. The third-order valence-corrected chi connectivity index (χ3v) is 3.07. The first-order valence-corrected chi connectivity index (χ1v) is 6.25. The van der Waals surface area contributed by atoms with Crippen molar-refractivity contribution in [3.8, 4) is 0 Å². The van der Waals surface area contributed by atoms with Crippen LogP contribution in [-0.4, -0.2) is 23.9 Å². The van der Waals surface area contributed by atoms with E-state index in [-0.39, 0.29) is 11.9 Å². The highest BCUT2D eigenvalue weighted by Crippen LogP contribution is 2.10. The van der Waals surface area contributed by atoms with Crippen LogP contribution in [0.2, 0.25) is 0 Å². The normalized spacial score (nSPS) is 12.4. The number of hydrogen-bond acceptors (Lipinski definition) is 3. The van der Waals surface area contributed by atoms with E-state index in [0.717, 1.165) is 11.4 Å². The maximum absolute atomic E-state index is 12.1. The Bertz CT molecular complexity index is 508. The van der Waals surface area contributed by atoms with Crippen LogP contribution in [0, 0.1) is 0 Å². The van der Waals surface area contributed by atoms with E-state index in [1.165, 1.54) is 0 Å². The largest absolute Gasteiger partial charge is 0.468 e. The number of amides is 1. The Labute approximate surface area is 113 Å².